The van der Waals surface area contributed by atoms with Gasteiger partial charge in [-0.1, -0.05) is 0 Å². The summed E-state index contributed by atoms with van der Waals surface area (Å²) in [6.07, 6.45) is 9.55. The number of hydrogen-bond acceptors (Lipinski definition) is 3. The molecule has 2 aliphatic rings. The SMILES string of the molecule is Cc1nccn1CCN1CCCC(CNC2CC2)C1. The molecule has 1 aliphatic heterocycles. The van der Waals surface area contributed by atoms with E-state index in [0.29, 0.717) is 0 Å². The fourth-order valence-electron chi connectivity index (χ4n) is 3.03. The number of likely N-dealkylation sites (tertiary alicyclic amines) is 1. The smallest absolute Gasteiger partial charge is 0.105 e. The molecule has 1 aromatic rings. The van der Waals surface area contributed by atoms with Crippen LogP contribution in [0, 0.1) is 12.8 Å². The van der Waals surface area contributed by atoms with Crippen molar-refractivity contribution in [2.45, 2.75) is 45.2 Å². The maximum absolute atomic E-state index is 4.29. The first kappa shape index (κ1) is 13.1. The van der Waals surface area contributed by atoms with Gasteiger partial charge in [-0.3, -0.25) is 0 Å². The molecule has 0 radical (unpaired) electrons. The maximum Gasteiger partial charge on any atom is 0.105 e. The van der Waals surface area contributed by atoms with Gasteiger partial charge in [0, 0.05) is 38.1 Å². The van der Waals surface area contributed by atoms with Crippen LogP contribution < -0.4 is 5.32 Å². The van der Waals surface area contributed by atoms with Crippen molar-refractivity contribution < 1.29 is 0 Å². The highest BCUT2D eigenvalue weighted by Gasteiger charge is 2.24. The van der Waals surface area contributed by atoms with Crippen LogP contribution in [0.25, 0.3) is 0 Å². The standard InChI is InChI=1S/C15H26N4/c1-13-16-6-8-19(13)10-9-18-7-2-3-14(12-18)11-17-15-4-5-15/h6,8,14-15,17H,2-5,7,9-12H2,1H3. The van der Waals surface area contributed by atoms with Gasteiger partial charge >= 0.3 is 0 Å². The van der Waals surface area contributed by atoms with Crippen LogP contribution in [0.15, 0.2) is 12.4 Å². The summed E-state index contributed by atoms with van der Waals surface area (Å²) in [4.78, 5) is 6.91. The van der Waals surface area contributed by atoms with Crippen LogP contribution in [0.1, 0.15) is 31.5 Å². The van der Waals surface area contributed by atoms with Crippen LogP contribution in [0.3, 0.4) is 0 Å². The van der Waals surface area contributed by atoms with Crippen molar-refractivity contribution >= 4 is 0 Å². The summed E-state index contributed by atoms with van der Waals surface area (Å²) < 4.78 is 2.26. The van der Waals surface area contributed by atoms with Crippen LogP contribution in [0.2, 0.25) is 0 Å². The van der Waals surface area contributed by atoms with Crippen LogP contribution >= 0.6 is 0 Å². The minimum absolute atomic E-state index is 0.851. The number of rotatable bonds is 6. The molecular formula is C15H26N4. The number of piperidine rings is 1. The Labute approximate surface area is 116 Å². The predicted octanol–water partition coefficient (Wildman–Crippen LogP) is 1.66. The molecule has 4 nitrogen and oxygen atoms in total. The van der Waals surface area contributed by atoms with E-state index in [9.17, 15) is 0 Å². The fourth-order valence-corrected chi connectivity index (χ4v) is 3.03. The second kappa shape index (κ2) is 6.06. The molecule has 0 spiro atoms. The average Bonchev–Trinajstić information content (AvgIpc) is 3.17. The molecule has 0 amide bonds. The Hall–Kier alpha value is -0.870. The third kappa shape index (κ3) is 3.80. The van der Waals surface area contributed by atoms with E-state index >= 15 is 0 Å². The second-order valence-corrected chi connectivity index (χ2v) is 6.16. The van der Waals surface area contributed by atoms with Gasteiger partial charge in [0.15, 0.2) is 0 Å². The van der Waals surface area contributed by atoms with Crippen molar-refractivity contribution in [1.82, 2.24) is 19.8 Å². The lowest BCUT2D eigenvalue weighted by atomic mass is 9.98. The molecule has 1 saturated heterocycles. The minimum Gasteiger partial charge on any atom is -0.334 e. The van der Waals surface area contributed by atoms with E-state index in [1.807, 2.05) is 6.20 Å². The Morgan fingerprint density at radius 3 is 2.95 bits per heavy atom. The van der Waals surface area contributed by atoms with E-state index in [1.54, 1.807) is 0 Å². The Morgan fingerprint density at radius 1 is 1.32 bits per heavy atom. The van der Waals surface area contributed by atoms with Crippen molar-refractivity contribution in [3.63, 3.8) is 0 Å². The molecule has 4 heteroatoms. The Balaban J connectivity index is 1.41. The highest BCUT2D eigenvalue weighted by molar-refractivity contribution is 4.89. The average molecular weight is 262 g/mol. The van der Waals surface area contributed by atoms with Crippen molar-refractivity contribution in [2.75, 3.05) is 26.2 Å². The van der Waals surface area contributed by atoms with Gasteiger partial charge in [-0.05, 0) is 51.6 Å². The lowest BCUT2D eigenvalue weighted by Crippen LogP contribution is -2.41. The van der Waals surface area contributed by atoms with Gasteiger partial charge in [-0.15, -0.1) is 0 Å². The molecule has 0 aromatic carbocycles. The van der Waals surface area contributed by atoms with E-state index in [1.165, 1.54) is 45.3 Å². The van der Waals surface area contributed by atoms with Gasteiger partial charge in [-0.25, -0.2) is 4.98 Å². The van der Waals surface area contributed by atoms with Crippen molar-refractivity contribution in [1.29, 1.82) is 0 Å². The molecule has 106 valence electrons. The first-order chi connectivity index (χ1) is 9.31. The van der Waals surface area contributed by atoms with E-state index in [4.69, 9.17) is 0 Å². The lowest BCUT2D eigenvalue weighted by Gasteiger charge is -2.33. The summed E-state index contributed by atoms with van der Waals surface area (Å²) in [5.41, 5.74) is 0. The molecule has 1 N–H and O–H groups in total. The van der Waals surface area contributed by atoms with Gasteiger partial charge in [0.05, 0.1) is 0 Å². The molecule has 19 heavy (non-hydrogen) atoms. The van der Waals surface area contributed by atoms with Crippen molar-refractivity contribution in [3.05, 3.63) is 18.2 Å². The Kier molecular flexibility index (Phi) is 4.18. The zero-order valence-corrected chi connectivity index (χ0v) is 12.0. The van der Waals surface area contributed by atoms with Gasteiger partial charge in [-0.2, -0.15) is 0 Å². The maximum atomic E-state index is 4.29. The molecule has 3 rings (SSSR count). The van der Waals surface area contributed by atoms with Gasteiger partial charge in [0.1, 0.15) is 5.82 Å². The molecule has 1 aliphatic carbocycles. The zero-order valence-electron chi connectivity index (χ0n) is 12.0. The molecule has 2 heterocycles. The number of aromatic nitrogens is 2. The van der Waals surface area contributed by atoms with Gasteiger partial charge in [0.25, 0.3) is 0 Å². The Morgan fingerprint density at radius 2 is 2.21 bits per heavy atom. The van der Waals surface area contributed by atoms with E-state index in [0.717, 1.165) is 30.9 Å². The topological polar surface area (TPSA) is 33.1 Å². The molecular weight excluding hydrogens is 236 g/mol. The summed E-state index contributed by atoms with van der Waals surface area (Å²) in [5.74, 6) is 1.99. The first-order valence-corrected chi connectivity index (χ1v) is 7.75. The fraction of sp³-hybridized carbons (Fsp3) is 0.800. The predicted molar refractivity (Wildman–Crippen MR) is 77.2 cm³/mol. The number of imidazole rings is 1. The highest BCUT2D eigenvalue weighted by atomic mass is 15.2. The molecule has 2 fully saturated rings. The van der Waals surface area contributed by atoms with Gasteiger partial charge < -0.3 is 14.8 Å². The Bertz CT molecular complexity index is 397. The van der Waals surface area contributed by atoms with Crippen LogP contribution in [-0.4, -0.2) is 46.7 Å². The van der Waals surface area contributed by atoms with Crippen molar-refractivity contribution in [2.24, 2.45) is 5.92 Å². The molecule has 1 unspecified atom stereocenters. The number of nitrogens with one attached hydrogen (secondary N) is 1. The normalized spacial score (nSPS) is 24.8. The summed E-state index contributed by atoms with van der Waals surface area (Å²) in [5, 5.41) is 3.68. The van der Waals surface area contributed by atoms with Gasteiger partial charge in [0.2, 0.25) is 0 Å². The molecule has 1 atom stereocenters. The summed E-state index contributed by atoms with van der Waals surface area (Å²) >= 11 is 0. The number of nitrogens with zero attached hydrogens (tertiary/aromatic N) is 3. The number of aryl methyl sites for hydroxylation is 1. The number of hydrogen-bond donors (Lipinski definition) is 1. The third-order valence-electron chi connectivity index (χ3n) is 4.46. The zero-order chi connectivity index (χ0) is 13.1. The molecule has 1 aromatic heterocycles. The minimum atomic E-state index is 0.851. The highest BCUT2D eigenvalue weighted by Crippen LogP contribution is 2.21. The third-order valence-corrected chi connectivity index (χ3v) is 4.46. The molecule has 0 bridgehead atoms. The van der Waals surface area contributed by atoms with E-state index < -0.39 is 0 Å². The quantitative estimate of drug-likeness (QED) is 0.846. The second-order valence-electron chi connectivity index (χ2n) is 6.16. The first-order valence-electron chi connectivity index (χ1n) is 7.75. The summed E-state index contributed by atoms with van der Waals surface area (Å²) in [7, 11) is 0. The summed E-state index contributed by atoms with van der Waals surface area (Å²) in [6.45, 7) is 8.09. The summed E-state index contributed by atoms with van der Waals surface area (Å²) in [6, 6.07) is 0.851. The lowest BCUT2D eigenvalue weighted by molar-refractivity contribution is 0.166. The van der Waals surface area contributed by atoms with Crippen LogP contribution in [-0.2, 0) is 6.54 Å². The van der Waals surface area contributed by atoms with E-state index in [-0.39, 0.29) is 0 Å². The van der Waals surface area contributed by atoms with E-state index in [2.05, 4.69) is 32.9 Å². The largest absolute Gasteiger partial charge is 0.334 e. The van der Waals surface area contributed by atoms with Crippen LogP contribution in [0.5, 0.6) is 0 Å². The molecule has 1 saturated carbocycles. The monoisotopic (exact) mass is 262 g/mol. The van der Waals surface area contributed by atoms with Crippen LogP contribution in [0.4, 0.5) is 0 Å². The van der Waals surface area contributed by atoms with Crippen molar-refractivity contribution in [3.8, 4) is 0 Å².